The third-order valence-electron chi connectivity index (χ3n) is 4.28. The number of ether oxygens (including phenoxy) is 1. The third kappa shape index (κ3) is 5.27. The van der Waals surface area contributed by atoms with Crippen LogP contribution >= 0.6 is 0 Å². The van der Waals surface area contributed by atoms with Crippen LogP contribution in [0.1, 0.15) is 78.6 Å². The number of nitrogens with one attached hydrogen (secondary N) is 1. The van der Waals surface area contributed by atoms with Gasteiger partial charge in [-0.05, 0) is 39.2 Å². The summed E-state index contributed by atoms with van der Waals surface area (Å²) in [5.41, 5.74) is 0.0824. The summed E-state index contributed by atoms with van der Waals surface area (Å²) in [6.45, 7) is 8.80. The van der Waals surface area contributed by atoms with Gasteiger partial charge in [0.05, 0.1) is 5.60 Å². The Labute approximate surface area is 114 Å². The molecule has 2 heteroatoms. The molecule has 0 radical (unpaired) electrons. The Hall–Kier alpha value is -0.0800. The van der Waals surface area contributed by atoms with E-state index in [-0.39, 0.29) is 5.60 Å². The van der Waals surface area contributed by atoms with E-state index in [4.69, 9.17) is 4.74 Å². The van der Waals surface area contributed by atoms with E-state index < -0.39 is 0 Å². The average Bonchev–Trinajstić information content (AvgIpc) is 2.38. The van der Waals surface area contributed by atoms with Gasteiger partial charge < -0.3 is 10.1 Å². The van der Waals surface area contributed by atoms with Crippen LogP contribution in [0.4, 0.5) is 0 Å². The highest BCUT2D eigenvalue weighted by atomic mass is 16.5. The number of likely N-dealkylation sites (N-methyl/N-ethyl adjacent to an activating group) is 1. The second-order valence-electron chi connectivity index (χ2n) is 5.93. The lowest BCUT2D eigenvalue weighted by Gasteiger charge is -2.41. The first-order chi connectivity index (χ1) is 8.73. The highest BCUT2D eigenvalue weighted by Crippen LogP contribution is 2.30. The molecule has 18 heavy (non-hydrogen) atoms. The Kier molecular flexibility index (Phi) is 7.92. The third-order valence-corrected chi connectivity index (χ3v) is 4.28. The van der Waals surface area contributed by atoms with Gasteiger partial charge in [0, 0.05) is 12.6 Å². The lowest BCUT2D eigenvalue weighted by molar-refractivity contribution is -0.0901. The quantitative estimate of drug-likeness (QED) is 0.621. The van der Waals surface area contributed by atoms with Crippen LogP contribution in [0.5, 0.6) is 0 Å². The minimum Gasteiger partial charge on any atom is -0.374 e. The summed E-state index contributed by atoms with van der Waals surface area (Å²) in [6.07, 6.45) is 11.9. The molecular formula is C16H33NO. The first-order valence-electron chi connectivity index (χ1n) is 8.10. The number of rotatable bonds is 9. The molecule has 0 amide bonds. The van der Waals surface area contributed by atoms with E-state index in [2.05, 4.69) is 26.1 Å². The normalized spacial score (nSPS) is 26.2. The Morgan fingerprint density at radius 1 is 1.11 bits per heavy atom. The molecule has 1 N–H and O–H groups in total. The van der Waals surface area contributed by atoms with Gasteiger partial charge in [-0.25, -0.2) is 0 Å². The molecule has 2 atom stereocenters. The first kappa shape index (κ1) is 16.0. The molecule has 0 aromatic carbocycles. The first-order valence-corrected chi connectivity index (χ1v) is 8.10. The topological polar surface area (TPSA) is 21.3 Å². The molecule has 1 aliphatic rings. The fourth-order valence-corrected chi connectivity index (χ4v) is 3.05. The molecule has 1 saturated heterocycles. The van der Waals surface area contributed by atoms with Crippen LogP contribution in [0.3, 0.4) is 0 Å². The maximum atomic E-state index is 6.10. The van der Waals surface area contributed by atoms with E-state index in [9.17, 15) is 0 Å². The van der Waals surface area contributed by atoms with Gasteiger partial charge in [-0.15, -0.1) is 0 Å². The van der Waals surface area contributed by atoms with Crippen molar-refractivity contribution in [3.8, 4) is 0 Å². The molecule has 2 unspecified atom stereocenters. The van der Waals surface area contributed by atoms with E-state index in [1.165, 1.54) is 57.8 Å². The van der Waals surface area contributed by atoms with Crippen molar-refractivity contribution < 1.29 is 4.74 Å². The Morgan fingerprint density at radius 2 is 1.89 bits per heavy atom. The Bertz CT molecular complexity index is 199. The number of unbranched alkanes of at least 4 members (excludes halogenated alkanes) is 4. The Morgan fingerprint density at radius 3 is 2.50 bits per heavy atom. The van der Waals surface area contributed by atoms with E-state index in [0.29, 0.717) is 6.04 Å². The van der Waals surface area contributed by atoms with Gasteiger partial charge in [0.25, 0.3) is 0 Å². The highest BCUT2D eigenvalue weighted by Gasteiger charge is 2.35. The van der Waals surface area contributed by atoms with E-state index in [1.807, 2.05) is 0 Å². The summed E-state index contributed by atoms with van der Waals surface area (Å²) in [6, 6.07) is 0.546. The fourth-order valence-electron chi connectivity index (χ4n) is 3.05. The van der Waals surface area contributed by atoms with Gasteiger partial charge in [0.2, 0.25) is 0 Å². The number of hydrogen-bond donors (Lipinski definition) is 1. The predicted octanol–water partition coefficient (Wildman–Crippen LogP) is 4.28. The van der Waals surface area contributed by atoms with Crippen molar-refractivity contribution in [2.24, 2.45) is 0 Å². The average molecular weight is 255 g/mol. The zero-order valence-electron chi connectivity index (χ0n) is 12.8. The zero-order chi connectivity index (χ0) is 13.3. The summed E-state index contributed by atoms with van der Waals surface area (Å²) in [5, 5.41) is 3.66. The van der Waals surface area contributed by atoms with Gasteiger partial charge in [-0.1, -0.05) is 46.0 Å². The molecule has 108 valence electrons. The molecule has 1 rings (SSSR count). The second kappa shape index (κ2) is 8.92. The molecule has 0 aliphatic carbocycles. The Balaban J connectivity index is 2.33. The molecule has 0 saturated carbocycles. The van der Waals surface area contributed by atoms with E-state index >= 15 is 0 Å². The summed E-state index contributed by atoms with van der Waals surface area (Å²) >= 11 is 0. The number of hydrogen-bond acceptors (Lipinski definition) is 2. The molecule has 0 aromatic rings. The van der Waals surface area contributed by atoms with Crippen molar-refractivity contribution in [3.63, 3.8) is 0 Å². The highest BCUT2D eigenvalue weighted by molar-refractivity contribution is 4.91. The maximum absolute atomic E-state index is 6.10. The molecular weight excluding hydrogens is 222 g/mol. The second-order valence-corrected chi connectivity index (χ2v) is 5.93. The monoisotopic (exact) mass is 255 g/mol. The van der Waals surface area contributed by atoms with Crippen LogP contribution in [0.2, 0.25) is 0 Å². The maximum Gasteiger partial charge on any atom is 0.0806 e. The minimum atomic E-state index is 0.0824. The molecule has 2 nitrogen and oxygen atoms in total. The van der Waals surface area contributed by atoms with Crippen LogP contribution in [0.25, 0.3) is 0 Å². The van der Waals surface area contributed by atoms with Crippen molar-refractivity contribution in [1.82, 2.24) is 5.32 Å². The molecule has 1 aliphatic heterocycles. The fraction of sp³-hybridized carbons (Fsp3) is 1.00. The molecule has 1 heterocycles. The minimum absolute atomic E-state index is 0.0824. The van der Waals surface area contributed by atoms with Crippen LogP contribution in [0, 0.1) is 0 Å². The predicted molar refractivity (Wildman–Crippen MR) is 79.0 cm³/mol. The van der Waals surface area contributed by atoms with Crippen LogP contribution in [-0.2, 0) is 4.74 Å². The van der Waals surface area contributed by atoms with Gasteiger partial charge in [-0.3, -0.25) is 0 Å². The summed E-state index contributed by atoms with van der Waals surface area (Å²) < 4.78 is 6.10. The van der Waals surface area contributed by atoms with Gasteiger partial charge in [0.1, 0.15) is 0 Å². The largest absolute Gasteiger partial charge is 0.374 e. The zero-order valence-corrected chi connectivity index (χ0v) is 12.8. The molecule has 0 spiro atoms. The molecule has 1 fully saturated rings. The van der Waals surface area contributed by atoms with Crippen LogP contribution in [0.15, 0.2) is 0 Å². The lowest BCUT2D eigenvalue weighted by atomic mass is 9.85. The SMILES string of the molecule is CCCCCCCC(NCC)C1(C)CCCCO1. The van der Waals surface area contributed by atoms with Crippen molar-refractivity contribution in [3.05, 3.63) is 0 Å². The van der Waals surface area contributed by atoms with Crippen molar-refractivity contribution >= 4 is 0 Å². The van der Waals surface area contributed by atoms with Gasteiger partial charge in [0.15, 0.2) is 0 Å². The summed E-state index contributed by atoms with van der Waals surface area (Å²) in [4.78, 5) is 0. The summed E-state index contributed by atoms with van der Waals surface area (Å²) in [5.74, 6) is 0. The van der Waals surface area contributed by atoms with Crippen molar-refractivity contribution in [2.75, 3.05) is 13.2 Å². The molecule has 0 bridgehead atoms. The van der Waals surface area contributed by atoms with Crippen molar-refractivity contribution in [2.45, 2.75) is 90.2 Å². The van der Waals surface area contributed by atoms with Crippen molar-refractivity contribution in [1.29, 1.82) is 0 Å². The summed E-state index contributed by atoms with van der Waals surface area (Å²) in [7, 11) is 0. The van der Waals surface area contributed by atoms with E-state index in [0.717, 1.165) is 13.2 Å². The lowest BCUT2D eigenvalue weighted by Crippen LogP contribution is -2.52. The molecule has 0 aromatic heterocycles. The van der Waals surface area contributed by atoms with Crippen LogP contribution < -0.4 is 5.32 Å². The standard InChI is InChI=1S/C16H33NO/c1-4-6-7-8-9-12-15(17-5-2)16(3)13-10-11-14-18-16/h15,17H,4-14H2,1-3H3. The van der Waals surface area contributed by atoms with E-state index in [1.54, 1.807) is 0 Å². The van der Waals surface area contributed by atoms with Crippen LogP contribution in [-0.4, -0.2) is 24.8 Å². The smallest absolute Gasteiger partial charge is 0.0806 e. The van der Waals surface area contributed by atoms with Gasteiger partial charge >= 0.3 is 0 Å². The van der Waals surface area contributed by atoms with Gasteiger partial charge in [-0.2, -0.15) is 0 Å².